The standard InChI is InChI=1S/C12H20ClNOS/c1-3-4-5-6-7-8-9-10-11(13)16-14(2)12(10)15/h3-9H2,1-2H3. The summed E-state index contributed by atoms with van der Waals surface area (Å²) in [4.78, 5) is 11.6. The number of hydrogen-bond acceptors (Lipinski definition) is 2. The molecule has 0 saturated heterocycles. The Labute approximate surface area is 106 Å². The number of unbranched alkanes of at least 4 members (excludes halogenated alkanes) is 5. The van der Waals surface area contributed by atoms with Crippen LogP contribution in [0.3, 0.4) is 0 Å². The van der Waals surface area contributed by atoms with Crippen LogP contribution in [0.2, 0.25) is 4.34 Å². The van der Waals surface area contributed by atoms with Crippen molar-refractivity contribution in [2.45, 2.75) is 51.9 Å². The van der Waals surface area contributed by atoms with Crippen LogP contribution in [0.5, 0.6) is 0 Å². The number of aromatic nitrogens is 1. The first-order valence-electron chi connectivity index (χ1n) is 6.01. The zero-order valence-corrected chi connectivity index (χ0v) is 11.7. The minimum atomic E-state index is 0.0866. The van der Waals surface area contributed by atoms with E-state index < -0.39 is 0 Å². The molecule has 4 heteroatoms. The predicted octanol–water partition coefficient (Wildman–Crippen LogP) is 4.00. The lowest BCUT2D eigenvalue weighted by atomic mass is 10.1. The van der Waals surface area contributed by atoms with E-state index in [4.69, 9.17) is 11.6 Å². The van der Waals surface area contributed by atoms with E-state index in [1.165, 1.54) is 43.6 Å². The molecule has 0 unspecified atom stereocenters. The second-order valence-electron chi connectivity index (χ2n) is 4.16. The van der Waals surface area contributed by atoms with Gasteiger partial charge in [-0.25, -0.2) is 0 Å². The molecule has 0 saturated carbocycles. The second kappa shape index (κ2) is 7.13. The fraction of sp³-hybridized carbons (Fsp3) is 0.750. The van der Waals surface area contributed by atoms with Gasteiger partial charge in [0.25, 0.3) is 5.56 Å². The van der Waals surface area contributed by atoms with Gasteiger partial charge < -0.3 is 0 Å². The highest BCUT2D eigenvalue weighted by atomic mass is 35.5. The molecule has 0 aliphatic rings. The smallest absolute Gasteiger partial charge is 0.265 e. The van der Waals surface area contributed by atoms with Crippen molar-refractivity contribution >= 4 is 23.1 Å². The van der Waals surface area contributed by atoms with Crippen molar-refractivity contribution in [3.63, 3.8) is 0 Å². The van der Waals surface area contributed by atoms with Gasteiger partial charge in [-0.15, -0.1) is 0 Å². The van der Waals surface area contributed by atoms with Crippen molar-refractivity contribution < 1.29 is 0 Å². The molecular formula is C12H20ClNOS. The summed E-state index contributed by atoms with van der Waals surface area (Å²) in [6.07, 6.45) is 8.30. The van der Waals surface area contributed by atoms with Crippen LogP contribution in [0.15, 0.2) is 4.79 Å². The summed E-state index contributed by atoms with van der Waals surface area (Å²) in [6, 6.07) is 0. The third-order valence-electron chi connectivity index (χ3n) is 2.78. The number of hydrogen-bond donors (Lipinski definition) is 0. The minimum absolute atomic E-state index is 0.0866. The third kappa shape index (κ3) is 3.95. The number of nitrogens with zero attached hydrogens (tertiary/aromatic N) is 1. The van der Waals surface area contributed by atoms with Gasteiger partial charge in [-0.2, -0.15) is 0 Å². The van der Waals surface area contributed by atoms with Gasteiger partial charge in [0.05, 0.1) is 0 Å². The first kappa shape index (κ1) is 13.8. The van der Waals surface area contributed by atoms with Crippen molar-refractivity contribution in [3.05, 3.63) is 20.3 Å². The molecule has 1 aromatic rings. The highest BCUT2D eigenvalue weighted by Gasteiger charge is 2.10. The highest BCUT2D eigenvalue weighted by molar-refractivity contribution is 7.11. The molecule has 0 aliphatic heterocycles. The first-order valence-corrected chi connectivity index (χ1v) is 7.16. The van der Waals surface area contributed by atoms with E-state index in [0.29, 0.717) is 4.34 Å². The van der Waals surface area contributed by atoms with Crippen LogP contribution in [0.25, 0.3) is 0 Å². The van der Waals surface area contributed by atoms with Crippen molar-refractivity contribution in [3.8, 4) is 0 Å². The molecule has 0 bridgehead atoms. The summed E-state index contributed by atoms with van der Waals surface area (Å²) >= 11 is 7.35. The summed E-state index contributed by atoms with van der Waals surface area (Å²) in [6.45, 7) is 2.22. The molecule has 2 nitrogen and oxygen atoms in total. The Balaban J connectivity index is 2.29. The molecule has 92 valence electrons. The quantitative estimate of drug-likeness (QED) is 0.680. The molecule has 16 heavy (non-hydrogen) atoms. The Hall–Kier alpha value is -0.280. The van der Waals surface area contributed by atoms with Gasteiger partial charge in [0.15, 0.2) is 0 Å². The van der Waals surface area contributed by atoms with E-state index in [9.17, 15) is 4.79 Å². The first-order chi connectivity index (χ1) is 7.66. The molecule has 1 heterocycles. The van der Waals surface area contributed by atoms with Gasteiger partial charge in [0.2, 0.25) is 0 Å². The number of rotatable bonds is 7. The van der Waals surface area contributed by atoms with Crippen LogP contribution in [0.1, 0.15) is 51.0 Å². The molecule has 0 atom stereocenters. The van der Waals surface area contributed by atoms with Crippen LogP contribution < -0.4 is 5.56 Å². The Bertz CT molecular complexity index is 370. The third-order valence-corrected chi connectivity index (χ3v) is 4.06. The van der Waals surface area contributed by atoms with Crippen LogP contribution >= 0.6 is 23.1 Å². The molecule has 0 fully saturated rings. The summed E-state index contributed by atoms with van der Waals surface area (Å²) < 4.78 is 2.27. The fourth-order valence-electron chi connectivity index (χ4n) is 1.78. The van der Waals surface area contributed by atoms with Crippen molar-refractivity contribution in [1.82, 2.24) is 3.96 Å². The van der Waals surface area contributed by atoms with Crippen LogP contribution in [-0.4, -0.2) is 3.96 Å². The minimum Gasteiger partial charge on any atom is -0.268 e. The zero-order chi connectivity index (χ0) is 12.0. The highest BCUT2D eigenvalue weighted by Crippen LogP contribution is 2.20. The average Bonchev–Trinajstić information content (AvgIpc) is 2.49. The number of halogens is 1. The fourth-order valence-corrected chi connectivity index (χ4v) is 3.00. The van der Waals surface area contributed by atoms with E-state index >= 15 is 0 Å². The molecule has 1 aromatic heterocycles. The molecule has 1 rings (SSSR count). The molecule has 0 aromatic carbocycles. The van der Waals surface area contributed by atoms with Crippen LogP contribution in [0, 0.1) is 0 Å². The maximum atomic E-state index is 11.6. The van der Waals surface area contributed by atoms with Crippen LogP contribution in [-0.2, 0) is 13.5 Å². The van der Waals surface area contributed by atoms with E-state index in [-0.39, 0.29) is 5.56 Å². The lowest BCUT2D eigenvalue weighted by molar-refractivity contribution is 0.606. The molecule has 0 amide bonds. The van der Waals surface area contributed by atoms with E-state index in [1.54, 1.807) is 11.0 Å². The largest absolute Gasteiger partial charge is 0.268 e. The van der Waals surface area contributed by atoms with E-state index in [1.807, 2.05) is 0 Å². The Kier molecular flexibility index (Phi) is 6.14. The summed E-state index contributed by atoms with van der Waals surface area (Å²) in [5.41, 5.74) is 0.896. The molecule has 0 N–H and O–H groups in total. The summed E-state index contributed by atoms with van der Waals surface area (Å²) in [5, 5.41) is 0. The summed E-state index contributed by atoms with van der Waals surface area (Å²) in [7, 11) is 1.77. The lowest BCUT2D eigenvalue weighted by Crippen LogP contribution is -2.13. The Morgan fingerprint density at radius 1 is 1.19 bits per heavy atom. The van der Waals surface area contributed by atoms with Gasteiger partial charge in [-0.05, 0) is 24.4 Å². The van der Waals surface area contributed by atoms with Gasteiger partial charge in [-0.1, -0.05) is 50.6 Å². The van der Waals surface area contributed by atoms with Crippen molar-refractivity contribution in [2.75, 3.05) is 0 Å². The van der Waals surface area contributed by atoms with Crippen LogP contribution in [0.4, 0.5) is 0 Å². The monoisotopic (exact) mass is 261 g/mol. The maximum Gasteiger partial charge on any atom is 0.265 e. The summed E-state index contributed by atoms with van der Waals surface area (Å²) in [5.74, 6) is 0. The van der Waals surface area contributed by atoms with Crippen molar-refractivity contribution in [1.29, 1.82) is 0 Å². The van der Waals surface area contributed by atoms with E-state index in [2.05, 4.69) is 6.92 Å². The lowest BCUT2D eigenvalue weighted by Gasteiger charge is -1.99. The van der Waals surface area contributed by atoms with Gasteiger partial charge in [0, 0.05) is 12.6 Å². The number of aryl methyl sites for hydroxylation is 1. The molecular weight excluding hydrogens is 242 g/mol. The molecule has 0 aliphatic carbocycles. The van der Waals surface area contributed by atoms with Gasteiger partial charge >= 0.3 is 0 Å². The Morgan fingerprint density at radius 2 is 1.81 bits per heavy atom. The zero-order valence-electron chi connectivity index (χ0n) is 10.1. The predicted molar refractivity (Wildman–Crippen MR) is 71.7 cm³/mol. The van der Waals surface area contributed by atoms with Gasteiger partial charge in [-0.3, -0.25) is 8.75 Å². The molecule has 0 spiro atoms. The second-order valence-corrected chi connectivity index (χ2v) is 5.90. The average molecular weight is 262 g/mol. The Morgan fingerprint density at radius 3 is 2.38 bits per heavy atom. The van der Waals surface area contributed by atoms with E-state index in [0.717, 1.165) is 18.4 Å². The molecule has 0 radical (unpaired) electrons. The maximum absolute atomic E-state index is 11.6. The normalized spacial score (nSPS) is 10.9. The SMILES string of the molecule is CCCCCCCCc1c(Cl)sn(C)c1=O. The topological polar surface area (TPSA) is 22.0 Å². The van der Waals surface area contributed by atoms with Gasteiger partial charge in [0.1, 0.15) is 4.34 Å². The van der Waals surface area contributed by atoms with Crippen molar-refractivity contribution in [2.24, 2.45) is 7.05 Å².